The lowest BCUT2D eigenvalue weighted by Gasteiger charge is -2.28. The number of benzene rings is 1. The molecule has 1 aromatic heterocycles. The molecule has 0 unspecified atom stereocenters. The number of nitrogens with zero attached hydrogens (tertiary/aromatic N) is 3. The van der Waals surface area contributed by atoms with Gasteiger partial charge in [0, 0.05) is 25.2 Å². The molecule has 0 bridgehead atoms. The first-order valence-electron chi connectivity index (χ1n) is 8.12. The second-order valence-electron chi connectivity index (χ2n) is 5.52. The van der Waals surface area contributed by atoms with Gasteiger partial charge in [-0.05, 0) is 35.5 Å². The molecule has 0 radical (unpaired) electrons. The van der Waals surface area contributed by atoms with E-state index in [4.69, 9.17) is 4.74 Å². The number of thioether (sulfide) groups is 1. The average Bonchev–Trinajstić information content (AvgIpc) is 3.10. The van der Waals surface area contributed by atoms with Crippen LogP contribution in [-0.2, 0) is 16.0 Å². The van der Waals surface area contributed by atoms with Crippen molar-refractivity contribution in [2.24, 2.45) is 0 Å². The number of H-pyrrole nitrogens is 1. The lowest BCUT2D eigenvalue weighted by molar-refractivity contribution is -0.131. The Morgan fingerprint density at radius 2 is 2.08 bits per heavy atom. The number of ether oxygens (including phenoxy) is 1. The number of hydrogen-bond acceptors (Lipinski definition) is 6. The largest absolute Gasteiger partial charge is 0.477 e. The first-order valence-corrected chi connectivity index (χ1v) is 8.94. The second kappa shape index (κ2) is 8.17. The van der Waals surface area contributed by atoms with Gasteiger partial charge in [0.15, 0.2) is 0 Å². The molecule has 2 aromatic rings. The van der Waals surface area contributed by atoms with E-state index in [-0.39, 0.29) is 4.91 Å². The maximum absolute atomic E-state index is 11.5. The van der Waals surface area contributed by atoms with E-state index in [1.165, 1.54) is 0 Å². The third kappa shape index (κ3) is 4.61. The number of carboxylic acid groups (broad SMARTS) is 1. The molecule has 0 atom stereocenters. The third-order valence-electron chi connectivity index (χ3n) is 3.83. The number of rotatable bonds is 6. The molecule has 0 aliphatic carbocycles. The van der Waals surface area contributed by atoms with Crippen molar-refractivity contribution in [3.05, 3.63) is 40.6 Å². The summed E-state index contributed by atoms with van der Waals surface area (Å²) in [7, 11) is 0. The summed E-state index contributed by atoms with van der Waals surface area (Å²) in [4.78, 5) is 18.2. The Kier molecular flexibility index (Phi) is 5.72. The summed E-state index contributed by atoms with van der Waals surface area (Å²) in [6.07, 6.45) is 2.36. The fourth-order valence-corrected chi connectivity index (χ4v) is 3.20. The van der Waals surface area contributed by atoms with E-state index in [2.05, 4.69) is 20.1 Å². The van der Waals surface area contributed by atoms with Gasteiger partial charge in [0.2, 0.25) is 5.16 Å². The van der Waals surface area contributed by atoms with E-state index in [1.807, 2.05) is 31.2 Å². The predicted molar refractivity (Wildman–Crippen MR) is 96.7 cm³/mol. The number of aromatic amines is 1. The minimum absolute atomic E-state index is 0.181. The topological polar surface area (TPSA) is 91.3 Å². The van der Waals surface area contributed by atoms with Gasteiger partial charge in [-0.1, -0.05) is 19.1 Å². The fraction of sp³-hybridized carbons (Fsp3) is 0.353. The summed E-state index contributed by atoms with van der Waals surface area (Å²) in [5.41, 5.74) is 1.94. The van der Waals surface area contributed by atoms with Crippen molar-refractivity contribution in [2.45, 2.75) is 18.5 Å². The van der Waals surface area contributed by atoms with Crippen LogP contribution in [-0.4, -0.2) is 52.6 Å². The minimum atomic E-state index is -0.995. The average molecular weight is 360 g/mol. The highest BCUT2D eigenvalue weighted by atomic mass is 32.2. The van der Waals surface area contributed by atoms with Gasteiger partial charge in [-0.3, -0.25) is 5.10 Å². The molecule has 0 amide bonds. The zero-order valence-corrected chi connectivity index (χ0v) is 14.8. The van der Waals surface area contributed by atoms with Gasteiger partial charge in [-0.25, -0.2) is 9.78 Å². The molecule has 0 saturated carbocycles. The zero-order valence-electron chi connectivity index (χ0n) is 13.9. The van der Waals surface area contributed by atoms with E-state index in [9.17, 15) is 9.90 Å². The van der Waals surface area contributed by atoms with Gasteiger partial charge in [0.05, 0.1) is 13.2 Å². The van der Waals surface area contributed by atoms with Gasteiger partial charge < -0.3 is 14.7 Å². The predicted octanol–water partition coefficient (Wildman–Crippen LogP) is 2.42. The Morgan fingerprint density at radius 1 is 1.36 bits per heavy atom. The van der Waals surface area contributed by atoms with Crippen LogP contribution in [0.1, 0.15) is 18.3 Å². The van der Waals surface area contributed by atoms with Crippen molar-refractivity contribution in [1.82, 2.24) is 15.2 Å². The Morgan fingerprint density at radius 3 is 2.68 bits per heavy atom. The smallest absolute Gasteiger partial charge is 0.342 e. The molecule has 7 nitrogen and oxygen atoms in total. The molecular weight excluding hydrogens is 340 g/mol. The summed E-state index contributed by atoms with van der Waals surface area (Å²) in [5.74, 6) is -0.257. The number of morpholine rings is 1. The third-order valence-corrected chi connectivity index (χ3v) is 4.70. The van der Waals surface area contributed by atoms with Gasteiger partial charge in [-0.2, -0.15) is 0 Å². The number of nitrogens with one attached hydrogen (secondary N) is 1. The number of aliphatic carboxylic acids is 1. The number of anilines is 1. The number of aromatic nitrogens is 3. The molecule has 1 aliphatic rings. The normalized spacial score (nSPS) is 15.4. The van der Waals surface area contributed by atoms with Crippen LogP contribution in [0.15, 0.2) is 34.3 Å². The van der Waals surface area contributed by atoms with Crippen LogP contribution in [0.4, 0.5) is 5.69 Å². The summed E-state index contributed by atoms with van der Waals surface area (Å²) in [6.45, 7) is 5.17. The van der Waals surface area contributed by atoms with Crippen LogP contribution in [0.2, 0.25) is 0 Å². The van der Waals surface area contributed by atoms with Crippen molar-refractivity contribution in [3.63, 3.8) is 0 Å². The number of aryl methyl sites for hydroxylation is 1. The molecule has 1 aliphatic heterocycles. The number of carbonyl (C=O) groups is 1. The van der Waals surface area contributed by atoms with Crippen LogP contribution in [0.3, 0.4) is 0 Å². The van der Waals surface area contributed by atoms with E-state index in [0.29, 0.717) is 5.16 Å². The zero-order chi connectivity index (χ0) is 17.6. The van der Waals surface area contributed by atoms with E-state index < -0.39 is 5.97 Å². The quantitative estimate of drug-likeness (QED) is 0.604. The summed E-state index contributed by atoms with van der Waals surface area (Å²) >= 11 is 1.04. The highest BCUT2D eigenvalue weighted by molar-refractivity contribution is 8.04. The molecule has 132 valence electrons. The maximum atomic E-state index is 11.5. The fourth-order valence-electron chi connectivity index (χ4n) is 2.47. The first kappa shape index (κ1) is 17.5. The summed E-state index contributed by atoms with van der Waals surface area (Å²) in [5, 5.41) is 16.7. The van der Waals surface area contributed by atoms with Crippen LogP contribution in [0.5, 0.6) is 0 Å². The van der Waals surface area contributed by atoms with Gasteiger partial charge in [0.25, 0.3) is 0 Å². The Labute approximate surface area is 150 Å². The highest BCUT2D eigenvalue weighted by Crippen LogP contribution is 2.26. The van der Waals surface area contributed by atoms with Crippen molar-refractivity contribution < 1.29 is 14.6 Å². The molecule has 2 heterocycles. The van der Waals surface area contributed by atoms with Crippen LogP contribution >= 0.6 is 11.8 Å². The van der Waals surface area contributed by atoms with Crippen molar-refractivity contribution in [2.75, 3.05) is 31.2 Å². The molecule has 8 heteroatoms. The molecule has 1 fully saturated rings. The van der Waals surface area contributed by atoms with Gasteiger partial charge in [0.1, 0.15) is 10.7 Å². The maximum Gasteiger partial charge on any atom is 0.342 e. The molecule has 1 saturated heterocycles. The lowest BCUT2D eigenvalue weighted by atomic mass is 10.1. The SMILES string of the molecule is CCc1nc(S/C(=C/c2ccc(N3CCOCC3)cc2)C(=O)O)n[nH]1. The minimum Gasteiger partial charge on any atom is -0.477 e. The molecule has 3 rings (SSSR count). The van der Waals surface area contributed by atoms with E-state index >= 15 is 0 Å². The van der Waals surface area contributed by atoms with Crippen LogP contribution in [0.25, 0.3) is 6.08 Å². The Balaban J connectivity index is 1.74. The Bertz CT molecular complexity index is 752. The summed E-state index contributed by atoms with van der Waals surface area (Å²) in [6, 6.07) is 7.85. The number of hydrogen-bond donors (Lipinski definition) is 2. The molecular formula is C17H20N4O3S. The van der Waals surface area contributed by atoms with Crippen LogP contribution in [0, 0.1) is 0 Å². The van der Waals surface area contributed by atoms with Crippen molar-refractivity contribution >= 4 is 29.5 Å². The molecule has 2 N–H and O–H groups in total. The first-order chi connectivity index (χ1) is 12.2. The van der Waals surface area contributed by atoms with Crippen molar-refractivity contribution in [1.29, 1.82) is 0 Å². The summed E-state index contributed by atoms with van der Waals surface area (Å²) < 4.78 is 5.36. The second-order valence-corrected chi connectivity index (χ2v) is 6.53. The molecule has 1 aromatic carbocycles. The van der Waals surface area contributed by atoms with E-state index in [0.717, 1.165) is 61.6 Å². The van der Waals surface area contributed by atoms with Crippen molar-refractivity contribution in [3.8, 4) is 0 Å². The van der Waals surface area contributed by atoms with Gasteiger partial charge >= 0.3 is 5.97 Å². The van der Waals surface area contributed by atoms with Gasteiger partial charge in [-0.15, -0.1) is 5.10 Å². The molecule has 0 spiro atoms. The highest BCUT2D eigenvalue weighted by Gasteiger charge is 2.14. The number of carboxylic acids is 1. The van der Waals surface area contributed by atoms with E-state index in [1.54, 1.807) is 6.08 Å². The van der Waals surface area contributed by atoms with Crippen LogP contribution < -0.4 is 4.90 Å². The lowest BCUT2D eigenvalue weighted by Crippen LogP contribution is -2.36. The molecule has 25 heavy (non-hydrogen) atoms. The Hall–Kier alpha value is -2.32. The monoisotopic (exact) mass is 360 g/mol. The standard InChI is InChI=1S/C17H20N4O3S/c1-2-15-18-17(20-19-15)25-14(16(22)23)11-12-3-5-13(6-4-12)21-7-9-24-10-8-21/h3-6,11H,2,7-10H2,1H3,(H,22,23)(H,18,19,20)/b14-11+.